The second-order valence-electron chi connectivity index (χ2n) is 5.33. The van der Waals surface area contributed by atoms with Crippen LogP contribution in [0.15, 0.2) is 36.4 Å². The third-order valence-corrected chi connectivity index (χ3v) is 3.76. The van der Waals surface area contributed by atoms with Gasteiger partial charge < -0.3 is 5.73 Å². The zero-order valence-corrected chi connectivity index (χ0v) is 13.7. The first-order valence-corrected chi connectivity index (χ1v) is 7.59. The van der Waals surface area contributed by atoms with E-state index in [2.05, 4.69) is 15.0 Å². The molecule has 0 saturated carbocycles. The lowest BCUT2D eigenvalue weighted by molar-refractivity contribution is 0.146. The molecule has 0 radical (unpaired) electrons. The predicted octanol–water partition coefficient (Wildman–Crippen LogP) is 4.83. The number of rotatable bonds is 3. The van der Waals surface area contributed by atoms with E-state index < -0.39 is 12.2 Å². The van der Waals surface area contributed by atoms with Crippen molar-refractivity contribution in [3.8, 4) is 22.4 Å². The Morgan fingerprint density at radius 1 is 1.00 bits per heavy atom. The molecule has 0 fully saturated rings. The van der Waals surface area contributed by atoms with Crippen molar-refractivity contribution >= 4 is 17.5 Å². The smallest absolute Gasteiger partial charge is 0.280 e. The van der Waals surface area contributed by atoms with Crippen LogP contribution in [0.5, 0.6) is 0 Å². The molecule has 2 heterocycles. The fourth-order valence-corrected chi connectivity index (χ4v) is 2.76. The van der Waals surface area contributed by atoms with Gasteiger partial charge in [-0.3, -0.25) is 4.98 Å². The number of nitrogens with two attached hydrogens (primary N) is 1. The highest BCUT2D eigenvalue weighted by atomic mass is 35.5. The van der Waals surface area contributed by atoms with Crippen molar-refractivity contribution < 1.29 is 13.2 Å². The summed E-state index contributed by atoms with van der Waals surface area (Å²) in [7, 11) is 0. The molecule has 0 atom stereocenters. The van der Waals surface area contributed by atoms with E-state index in [1.165, 1.54) is 30.3 Å². The lowest BCUT2D eigenvalue weighted by atomic mass is 10.00. The third-order valence-electron chi connectivity index (χ3n) is 3.49. The standard InChI is InChI=1S/C17H12ClF3N4/c1-8-6-10(7-12(23-8)16(20)21)13-14(24-17(22)25-15(13)18)9-2-4-11(19)5-3-9/h2-7,16H,1H3,(H2,22,24,25). The van der Waals surface area contributed by atoms with E-state index in [4.69, 9.17) is 17.3 Å². The van der Waals surface area contributed by atoms with E-state index in [0.717, 1.165) is 0 Å². The SMILES string of the molecule is Cc1cc(-c2c(Cl)nc(N)nc2-c2ccc(F)cc2)cc(C(F)F)n1. The Labute approximate surface area is 146 Å². The fourth-order valence-electron chi connectivity index (χ4n) is 2.47. The lowest BCUT2D eigenvalue weighted by Crippen LogP contribution is -2.02. The van der Waals surface area contributed by atoms with Gasteiger partial charge in [0.25, 0.3) is 6.43 Å². The van der Waals surface area contributed by atoms with Crippen LogP contribution in [0, 0.1) is 12.7 Å². The van der Waals surface area contributed by atoms with Gasteiger partial charge >= 0.3 is 0 Å². The molecular formula is C17H12ClF3N4. The predicted molar refractivity (Wildman–Crippen MR) is 89.8 cm³/mol. The van der Waals surface area contributed by atoms with Crippen molar-refractivity contribution in [2.75, 3.05) is 5.73 Å². The van der Waals surface area contributed by atoms with E-state index in [1.54, 1.807) is 13.0 Å². The van der Waals surface area contributed by atoms with Crippen LogP contribution in [0.2, 0.25) is 5.15 Å². The number of nitrogen functional groups attached to an aromatic ring is 1. The van der Waals surface area contributed by atoms with Gasteiger partial charge in [0.1, 0.15) is 16.7 Å². The first-order valence-electron chi connectivity index (χ1n) is 7.21. The molecule has 0 amide bonds. The van der Waals surface area contributed by atoms with Gasteiger partial charge in [0.05, 0.1) is 5.69 Å². The van der Waals surface area contributed by atoms with Gasteiger partial charge in [-0.15, -0.1) is 0 Å². The lowest BCUT2D eigenvalue weighted by Gasteiger charge is -2.13. The Morgan fingerprint density at radius 3 is 2.32 bits per heavy atom. The van der Waals surface area contributed by atoms with E-state index in [0.29, 0.717) is 28.1 Å². The van der Waals surface area contributed by atoms with Crippen molar-refractivity contribution in [2.45, 2.75) is 13.3 Å². The van der Waals surface area contributed by atoms with Crippen LogP contribution < -0.4 is 5.73 Å². The number of nitrogens with zero attached hydrogens (tertiary/aromatic N) is 3. The molecule has 3 rings (SSSR count). The molecular weight excluding hydrogens is 353 g/mol. The summed E-state index contributed by atoms with van der Waals surface area (Å²) >= 11 is 6.22. The number of anilines is 1. The minimum Gasteiger partial charge on any atom is -0.368 e. The zero-order chi connectivity index (χ0) is 18.1. The summed E-state index contributed by atoms with van der Waals surface area (Å²) < 4.78 is 39.4. The van der Waals surface area contributed by atoms with Gasteiger partial charge in [-0.1, -0.05) is 11.6 Å². The normalized spacial score (nSPS) is 11.1. The van der Waals surface area contributed by atoms with Crippen molar-refractivity contribution in [3.63, 3.8) is 0 Å². The molecule has 1 aromatic carbocycles. The highest BCUT2D eigenvalue weighted by molar-refractivity contribution is 6.32. The average molecular weight is 365 g/mol. The average Bonchev–Trinajstić information content (AvgIpc) is 2.54. The molecule has 0 aliphatic heterocycles. The molecule has 0 unspecified atom stereocenters. The molecule has 0 saturated heterocycles. The van der Waals surface area contributed by atoms with Gasteiger partial charge in [-0.25, -0.2) is 23.1 Å². The van der Waals surface area contributed by atoms with Crippen LogP contribution in [0.25, 0.3) is 22.4 Å². The maximum Gasteiger partial charge on any atom is 0.280 e. The van der Waals surface area contributed by atoms with Crippen LogP contribution in [-0.2, 0) is 0 Å². The Hall–Kier alpha value is -2.67. The monoisotopic (exact) mass is 364 g/mol. The fraction of sp³-hybridized carbons (Fsp3) is 0.118. The van der Waals surface area contributed by atoms with Crippen molar-refractivity contribution in [3.05, 3.63) is 58.8 Å². The van der Waals surface area contributed by atoms with Gasteiger partial charge in [-0.2, -0.15) is 0 Å². The molecule has 0 spiro atoms. The summed E-state index contributed by atoms with van der Waals surface area (Å²) in [6, 6.07) is 8.34. The minimum atomic E-state index is -2.73. The van der Waals surface area contributed by atoms with Crippen LogP contribution in [0.1, 0.15) is 17.8 Å². The highest BCUT2D eigenvalue weighted by Crippen LogP contribution is 2.37. The summed E-state index contributed by atoms with van der Waals surface area (Å²) in [5, 5.41) is 0.0117. The first-order chi connectivity index (χ1) is 11.8. The summed E-state index contributed by atoms with van der Waals surface area (Å²) in [6.45, 7) is 1.60. The van der Waals surface area contributed by atoms with Crippen molar-refractivity contribution in [1.82, 2.24) is 15.0 Å². The largest absolute Gasteiger partial charge is 0.368 e. The third kappa shape index (κ3) is 3.56. The Bertz CT molecular complexity index is 930. The molecule has 0 aliphatic rings. The van der Waals surface area contributed by atoms with Gasteiger partial charge in [-0.05, 0) is 48.9 Å². The Morgan fingerprint density at radius 2 is 1.68 bits per heavy atom. The van der Waals surface area contributed by atoms with Crippen LogP contribution >= 0.6 is 11.6 Å². The van der Waals surface area contributed by atoms with E-state index in [1.807, 2.05) is 0 Å². The number of benzene rings is 1. The maximum atomic E-state index is 13.2. The summed E-state index contributed by atoms with van der Waals surface area (Å²) in [6.07, 6.45) is -2.73. The first kappa shape index (κ1) is 17.2. The molecule has 2 aromatic heterocycles. The van der Waals surface area contributed by atoms with Crippen molar-refractivity contribution in [2.24, 2.45) is 0 Å². The van der Waals surface area contributed by atoms with Gasteiger partial charge in [0.2, 0.25) is 5.95 Å². The molecule has 0 bridgehead atoms. The number of alkyl halides is 2. The number of hydrogen-bond acceptors (Lipinski definition) is 4. The number of hydrogen-bond donors (Lipinski definition) is 1. The molecule has 0 aliphatic carbocycles. The number of aryl methyl sites for hydroxylation is 1. The van der Waals surface area contributed by atoms with Gasteiger partial charge in [0, 0.05) is 16.8 Å². The van der Waals surface area contributed by atoms with E-state index in [9.17, 15) is 13.2 Å². The van der Waals surface area contributed by atoms with E-state index >= 15 is 0 Å². The van der Waals surface area contributed by atoms with Crippen molar-refractivity contribution in [1.29, 1.82) is 0 Å². The Kier molecular flexibility index (Phi) is 4.59. The zero-order valence-electron chi connectivity index (χ0n) is 13.0. The maximum absolute atomic E-state index is 13.2. The molecule has 3 aromatic rings. The molecule has 4 nitrogen and oxygen atoms in total. The molecule has 8 heteroatoms. The number of pyridine rings is 1. The van der Waals surface area contributed by atoms with Crippen LogP contribution in [0.3, 0.4) is 0 Å². The van der Waals surface area contributed by atoms with Gasteiger partial charge in [0.15, 0.2) is 0 Å². The second kappa shape index (κ2) is 6.68. The number of halogens is 4. The quantitative estimate of drug-likeness (QED) is 0.676. The van der Waals surface area contributed by atoms with Crippen LogP contribution in [0.4, 0.5) is 19.1 Å². The Balaban J connectivity index is 2.28. The second-order valence-corrected chi connectivity index (χ2v) is 5.68. The topological polar surface area (TPSA) is 64.7 Å². The summed E-state index contributed by atoms with van der Waals surface area (Å²) in [5.41, 5.74) is 7.24. The minimum absolute atomic E-state index is 0.0117. The summed E-state index contributed by atoms with van der Waals surface area (Å²) in [5.74, 6) is -0.494. The summed E-state index contributed by atoms with van der Waals surface area (Å²) in [4.78, 5) is 11.9. The molecule has 2 N–H and O–H groups in total. The van der Waals surface area contributed by atoms with Crippen LogP contribution in [-0.4, -0.2) is 15.0 Å². The number of aromatic nitrogens is 3. The molecule has 25 heavy (non-hydrogen) atoms. The molecule has 128 valence electrons. The highest BCUT2D eigenvalue weighted by Gasteiger charge is 2.19. The van der Waals surface area contributed by atoms with E-state index in [-0.39, 0.29) is 16.8 Å².